The minimum Gasteiger partial charge on any atom is -0.410 e. The van der Waals surface area contributed by atoms with Crippen LogP contribution in [0.2, 0.25) is 0 Å². The summed E-state index contributed by atoms with van der Waals surface area (Å²) in [7, 11) is 0. The number of pyridine rings is 1. The van der Waals surface area contributed by atoms with Gasteiger partial charge in [-0.05, 0) is 49.2 Å². The average Bonchev–Trinajstić information content (AvgIpc) is 2.90. The molecule has 6 nitrogen and oxygen atoms in total. The van der Waals surface area contributed by atoms with Crippen LogP contribution >= 0.6 is 0 Å². The van der Waals surface area contributed by atoms with Gasteiger partial charge in [0.05, 0.1) is 11.9 Å². The molecule has 3 aliphatic heterocycles. The van der Waals surface area contributed by atoms with E-state index in [2.05, 4.69) is 9.88 Å². The van der Waals surface area contributed by atoms with Crippen molar-refractivity contribution in [1.82, 2.24) is 19.2 Å². The Balaban J connectivity index is 1.32. The summed E-state index contributed by atoms with van der Waals surface area (Å²) in [6, 6.07) is 13.9. The normalized spacial score (nSPS) is 22.0. The lowest BCUT2D eigenvalue weighted by molar-refractivity contribution is 0.131. The van der Waals surface area contributed by atoms with Crippen molar-refractivity contribution in [3.05, 3.63) is 54.9 Å². The van der Waals surface area contributed by atoms with E-state index in [0.717, 1.165) is 55.9 Å². The lowest BCUT2D eigenvalue weighted by Crippen LogP contribution is -2.43. The average molecular weight is 362 g/mol. The maximum atomic E-state index is 12.7. The van der Waals surface area contributed by atoms with Crippen LogP contribution in [0.15, 0.2) is 54.9 Å². The first kappa shape index (κ1) is 16.3. The molecule has 3 saturated heterocycles. The molecule has 0 spiro atoms. The minimum absolute atomic E-state index is 0.230. The quantitative estimate of drug-likeness (QED) is 0.702. The molecule has 3 fully saturated rings. The molecular weight excluding hydrogens is 340 g/mol. The Morgan fingerprint density at radius 2 is 1.81 bits per heavy atom. The molecule has 2 bridgehead atoms. The lowest BCUT2D eigenvalue weighted by Gasteiger charge is -2.30. The molecule has 3 aliphatic rings. The molecule has 2 aromatic heterocycles. The zero-order chi connectivity index (χ0) is 18.2. The van der Waals surface area contributed by atoms with Crippen LogP contribution in [0.25, 0.3) is 16.9 Å². The summed E-state index contributed by atoms with van der Waals surface area (Å²) in [4.78, 5) is 21.4. The van der Waals surface area contributed by atoms with Crippen molar-refractivity contribution in [3.63, 3.8) is 0 Å². The Morgan fingerprint density at radius 1 is 1.00 bits per heavy atom. The van der Waals surface area contributed by atoms with Gasteiger partial charge in [-0.2, -0.15) is 0 Å². The maximum absolute atomic E-state index is 12.7. The summed E-state index contributed by atoms with van der Waals surface area (Å²) in [5.74, 6) is 0.580. The van der Waals surface area contributed by atoms with Gasteiger partial charge in [0, 0.05) is 44.0 Å². The summed E-state index contributed by atoms with van der Waals surface area (Å²) in [6.07, 6.45) is 5.71. The fraction of sp³-hybridized carbons (Fsp3) is 0.333. The van der Waals surface area contributed by atoms with E-state index in [1.165, 1.54) is 0 Å². The molecule has 138 valence electrons. The lowest BCUT2D eigenvalue weighted by atomic mass is 10.1. The van der Waals surface area contributed by atoms with Gasteiger partial charge in [0.2, 0.25) is 0 Å². The summed E-state index contributed by atoms with van der Waals surface area (Å²) in [6.45, 7) is 3.87. The number of ether oxygens (including phenoxy) is 1. The summed E-state index contributed by atoms with van der Waals surface area (Å²) < 4.78 is 7.71. The molecular formula is C21H22N4O2. The number of carbonyl (C=O) groups excluding carboxylic acids is 1. The van der Waals surface area contributed by atoms with E-state index in [1.54, 1.807) is 0 Å². The molecule has 0 atom stereocenters. The Kier molecular flexibility index (Phi) is 4.05. The van der Waals surface area contributed by atoms with Crippen LogP contribution < -0.4 is 4.74 Å². The van der Waals surface area contributed by atoms with Crippen LogP contribution in [-0.2, 0) is 0 Å². The van der Waals surface area contributed by atoms with Crippen LogP contribution in [0, 0.1) is 0 Å². The SMILES string of the molecule is O=C(Oc1ccc(-c2cnc3ccccn23)cc1)N1CCN2CCC1CC2. The minimum atomic E-state index is -0.230. The van der Waals surface area contributed by atoms with Gasteiger partial charge in [0.15, 0.2) is 0 Å². The molecule has 27 heavy (non-hydrogen) atoms. The molecule has 5 heterocycles. The van der Waals surface area contributed by atoms with E-state index >= 15 is 0 Å². The predicted molar refractivity (Wildman–Crippen MR) is 103 cm³/mol. The first-order valence-corrected chi connectivity index (χ1v) is 9.51. The van der Waals surface area contributed by atoms with E-state index in [-0.39, 0.29) is 6.09 Å². The molecule has 6 rings (SSSR count). The second-order valence-corrected chi connectivity index (χ2v) is 7.23. The molecule has 0 aliphatic carbocycles. The monoisotopic (exact) mass is 362 g/mol. The highest BCUT2D eigenvalue weighted by molar-refractivity contribution is 5.72. The van der Waals surface area contributed by atoms with Crippen molar-refractivity contribution >= 4 is 11.7 Å². The van der Waals surface area contributed by atoms with Crippen LogP contribution in [0.1, 0.15) is 12.8 Å². The summed E-state index contributed by atoms with van der Waals surface area (Å²) in [5, 5.41) is 0. The molecule has 0 radical (unpaired) electrons. The number of hydrogen-bond donors (Lipinski definition) is 0. The third-order valence-corrected chi connectivity index (χ3v) is 5.66. The second kappa shape index (κ2) is 6.70. The van der Waals surface area contributed by atoms with Crippen LogP contribution in [0.3, 0.4) is 0 Å². The van der Waals surface area contributed by atoms with Gasteiger partial charge in [-0.1, -0.05) is 6.07 Å². The topological polar surface area (TPSA) is 50.1 Å². The number of imidazole rings is 1. The number of fused-ring (bicyclic) bond motifs is 5. The van der Waals surface area contributed by atoms with Crippen molar-refractivity contribution in [2.24, 2.45) is 0 Å². The maximum Gasteiger partial charge on any atom is 0.415 e. The number of piperidine rings is 1. The fourth-order valence-electron chi connectivity index (χ4n) is 4.13. The highest BCUT2D eigenvalue weighted by atomic mass is 16.6. The highest BCUT2D eigenvalue weighted by Gasteiger charge is 2.32. The standard InChI is InChI=1S/C21H22N4O2/c26-21(24-14-13-23-11-8-17(24)9-12-23)27-18-6-4-16(5-7-18)19-15-22-20-3-1-2-10-25(19)20/h1-7,10,15,17H,8-9,11-14H2. The zero-order valence-corrected chi connectivity index (χ0v) is 15.1. The molecule has 0 saturated carbocycles. The van der Waals surface area contributed by atoms with Crippen molar-refractivity contribution in [1.29, 1.82) is 0 Å². The van der Waals surface area contributed by atoms with Crippen LogP contribution in [-0.4, -0.2) is 57.5 Å². The van der Waals surface area contributed by atoms with E-state index in [0.29, 0.717) is 11.8 Å². The largest absolute Gasteiger partial charge is 0.415 e. The van der Waals surface area contributed by atoms with E-state index in [9.17, 15) is 4.79 Å². The van der Waals surface area contributed by atoms with Gasteiger partial charge in [0.25, 0.3) is 0 Å². The highest BCUT2D eigenvalue weighted by Crippen LogP contribution is 2.25. The zero-order valence-electron chi connectivity index (χ0n) is 15.1. The number of benzene rings is 1. The van der Waals surface area contributed by atoms with E-state index in [1.807, 2.05) is 64.2 Å². The number of carbonyl (C=O) groups is 1. The van der Waals surface area contributed by atoms with Crippen molar-refractivity contribution < 1.29 is 9.53 Å². The molecule has 0 N–H and O–H groups in total. The third-order valence-electron chi connectivity index (χ3n) is 5.66. The molecule has 1 aromatic carbocycles. The molecule has 3 aromatic rings. The first-order chi connectivity index (χ1) is 13.3. The number of hydrogen-bond acceptors (Lipinski definition) is 4. The van der Waals surface area contributed by atoms with Gasteiger partial charge < -0.3 is 14.5 Å². The Hall–Kier alpha value is -2.86. The van der Waals surface area contributed by atoms with Crippen LogP contribution in [0.4, 0.5) is 4.79 Å². The van der Waals surface area contributed by atoms with Gasteiger partial charge in [-0.15, -0.1) is 0 Å². The van der Waals surface area contributed by atoms with Crippen LogP contribution in [0.5, 0.6) is 5.75 Å². The van der Waals surface area contributed by atoms with Gasteiger partial charge >= 0.3 is 6.09 Å². The molecule has 0 unspecified atom stereocenters. The summed E-state index contributed by atoms with van der Waals surface area (Å²) >= 11 is 0. The third kappa shape index (κ3) is 3.06. The Bertz CT molecular complexity index is 958. The van der Waals surface area contributed by atoms with E-state index < -0.39 is 0 Å². The summed E-state index contributed by atoms with van der Waals surface area (Å²) in [5.41, 5.74) is 2.96. The van der Waals surface area contributed by atoms with Gasteiger partial charge in [0.1, 0.15) is 11.4 Å². The number of aromatic nitrogens is 2. The van der Waals surface area contributed by atoms with Crippen molar-refractivity contribution in [2.45, 2.75) is 18.9 Å². The Morgan fingerprint density at radius 3 is 2.63 bits per heavy atom. The smallest absolute Gasteiger partial charge is 0.410 e. The van der Waals surface area contributed by atoms with Gasteiger partial charge in [-0.3, -0.25) is 4.40 Å². The number of rotatable bonds is 2. The van der Waals surface area contributed by atoms with Crippen molar-refractivity contribution in [3.8, 4) is 17.0 Å². The number of amides is 1. The predicted octanol–water partition coefficient (Wildman–Crippen LogP) is 3.28. The molecule has 1 amide bonds. The van der Waals surface area contributed by atoms with E-state index in [4.69, 9.17) is 4.74 Å². The fourth-order valence-corrected chi connectivity index (χ4v) is 4.13. The Labute approximate surface area is 158 Å². The molecule has 6 heteroatoms. The van der Waals surface area contributed by atoms with Gasteiger partial charge in [-0.25, -0.2) is 9.78 Å². The number of nitrogens with zero attached hydrogens (tertiary/aromatic N) is 4. The second-order valence-electron chi connectivity index (χ2n) is 7.23. The van der Waals surface area contributed by atoms with Crippen molar-refractivity contribution in [2.75, 3.05) is 26.2 Å². The first-order valence-electron chi connectivity index (χ1n) is 9.51.